The van der Waals surface area contributed by atoms with Gasteiger partial charge in [-0.2, -0.15) is 0 Å². The van der Waals surface area contributed by atoms with Crippen LogP contribution in [0.1, 0.15) is 15.9 Å². The van der Waals surface area contributed by atoms with Crippen molar-refractivity contribution in [1.29, 1.82) is 0 Å². The van der Waals surface area contributed by atoms with E-state index in [1.807, 2.05) is 48.6 Å². The van der Waals surface area contributed by atoms with Crippen LogP contribution in [0.5, 0.6) is 5.75 Å². The van der Waals surface area contributed by atoms with Crippen molar-refractivity contribution < 1.29 is 9.53 Å². The molecule has 2 nitrogen and oxygen atoms in total. The van der Waals surface area contributed by atoms with Crippen LogP contribution >= 0.6 is 15.9 Å². The summed E-state index contributed by atoms with van der Waals surface area (Å²) >= 11 is 3.38. The van der Waals surface area contributed by atoms with Crippen molar-refractivity contribution >= 4 is 28.3 Å². The first-order chi connectivity index (χ1) is 9.31. The maximum atomic E-state index is 10.9. The maximum absolute atomic E-state index is 10.9. The SMILES string of the molecule is O=Cc1cccc(Br)c1OC/C=C/c1ccccc1. The van der Waals surface area contributed by atoms with Crippen LogP contribution in [-0.2, 0) is 0 Å². The monoisotopic (exact) mass is 316 g/mol. The van der Waals surface area contributed by atoms with Crippen molar-refractivity contribution in [2.45, 2.75) is 0 Å². The summed E-state index contributed by atoms with van der Waals surface area (Å²) in [5, 5.41) is 0. The molecule has 2 rings (SSSR count). The predicted octanol–water partition coefficient (Wildman–Crippen LogP) is 4.35. The fourth-order valence-electron chi connectivity index (χ4n) is 1.65. The Labute approximate surface area is 120 Å². The highest BCUT2D eigenvalue weighted by atomic mass is 79.9. The van der Waals surface area contributed by atoms with Crippen LogP contribution in [0.25, 0.3) is 6.08 Å². The highest BCUT2D eigenvalue weighted by molar-refractivity contribution is 9.10. The molecule has 0 aliphatic heterocycles. The van der Waals surface area contributed by atoms with Gasteiger partial charge in [0.25, 0.3) is 0 Å². The standard InChI is InChI=1S/C16H13BrO2/c17-15-10-4-9-14(12-18)16(15)19-11-5-8-13-6-2-1-3-7-13/h1-10,12H,11H2/b8-5+. The average Bonchev–Trinajstić information content (AvgIpc) is 2.46. The third kappa shape index (κ3) is 3.80. The Kier molecular flexibility index (Phi) is 4.93. The van der Waals surface area contributed by atoms with Gasteiger partial charge in [-0.15, -0.1) is 0 Å². The van der Waals surface area contributed by atoms with Gasteiger partial charge in [0.15, 0.2) is 6.29 Å². The lowest BCUT2D eigenvalue weighted by Crippen LogP contribution is -1.98. The first-order valence-electron chi connectivity index (χ1n) is 5.89. The predicted molar refractivity (Wildman–Crippen MR) is 80.5 cm³/mol. The second-order valence-electron chi connectivity index (χ2n) is 3.90. The number of halogens is 1. The van der Waals surface area contributed by atoms with Crippen molar-refractivity contribution in [2.24, 2.45) is 0 Å². The molecule has 0 N–H and O–H groups in total. The van der Waals surface area contributed by atoms with E-state index in [1.165, 1.54) is 0 Å². The number of rotatable bonds is 5. The van der Waals surface area contributed by atoms with Crippen molar-refractivity contribution in [3.8, 4) is 5.75 Å². The minimum atomic E-state index is 0.415. The number of ether oxygens (including phenoxy) is 1. The zero-order valence-corrected chi connectivity index (χ0v) is 11.8. The van der Waals surface area contributed by atoms with Crippen LogP contribution in [0.3, 0.4) is 0 Å². The van der Waals surface area contributed by atoms with E-state index in [2.05, 4.69) is 15.9 Å². The highest BCUT2D eigenvalue weighted by Gasteiger charge is 2.05. The number of carbonyl (C=O) groups is 1. The summed E-state index contributed by atoms with van der Waals surface area (Å²) in [5.41, 5.74) is 1.66. The van der Waals surface area contributed by atoms with Crippen LogP contribution in [0, 0.1) is 0 Å². The molecule has 19 heavy (non-hydrogen) atoms. The number of para-hydroxylation sites is 1. The molecule has 0 atom stereocenters. The van der Waals surface area contributed by atoms with Crippen molar-refractivity contribution in [3.05, 3.63) is 70.2 Å². The first-order valence-corrected chi connectivity index (χ1v) is 6.68. The third-order valence-corrected chi connectivity index (χ3v) is 3.18. The quantitative estimate of drug-likeness (QED) is 0.766. The summed E-state index contributed by atoms with van der Waals surface area (Å²) in [6.07, 6.45) is 4.70. The van der Waals surface area contributed by atoms with E-state index < -0.39 is 0 Å². The second-order valence-corrected chi connectivity index (χ2v) is 4.75. The molecule has 0 aliphatic rings. The van der Waals surface area contributed by atoms with Crippen molar-refractivity contribution in [1.82, 2.24) is 0 Å². The summed E-state index contributed by atoms with van der Waals surface area (Å²) in [6.45, 7) is 0.415. The van der Waals surface area contributed by atoms with E-state index in [0.717, 1.165) is 16.3 Å². The van der Waals surface area contributed by atoms with Crippen LogP contribution in [0.2, 0.25) is 0 Å². The lowest BCUT2D eigenvalue weighted by Gasteiger charge is -2.08. The molecular formula is C16H13BrO2. The number of aldehydes is 1. The van der Waals surface area contributed by atoms with Gasteiger partial charge in [-0.05, 0) is 39.7 Å². The first kappa shape index (κ1) is 13.6. The molecule has 96 valence electrons. The summed E-state index contributed by atoms with van der Waals surface area (Å²) in [7, 11) is 0. The van der Waals surface area contributed by atoms with Gasteiger partial charge in [0.1, 0.15) is 12.4 Å². The van der Waals surface area contributed by atoms with Gasteiger partial charge < -0.3 is 4.74 Å². The van der Waals surface area contributed by atoms with E-state index >= 15 is 0 Å². The summed E-state index contributed by atoms with van der Waals surface area (Å²) in [6, 6.07) is 15.4. The van der Waals surface area contributed by atoms with Crippen molar-refractivity contribution in [2.75, 3.05) is 6.61 Å². The Bertz CT molecular complexity index is 577. The van der Waals surface area contributed by atoms with E-state index in [0.29, 0.717) is 17.9 Å². The molecule has 0 unspecified atom stereocenters. The molecule has 2 aromatic rings. The van der Waals surface area contributed by atoms with Gasteiger partial charge in [-0.25, -0.2) is 0 Å². The van der Waals surface area contributed by atoms with E-state index in [1.54, 1.807) is 12.1 Å². The Morgan fingerprint density at radius 1 is 1.05 bits per heavy atom. The lowest BCUT2D eigenvalue weighted by atomic mass is 10.2. The number of hydrogen-bond acceptors (Lipinski definition) is 2. The molecule has 2 aromatic carbocycles. The minimum absolute atomic E-state index is 0.415. The van der Waals surface area contributed by atoms with Gasteiger partial charge >= 0.3 is 0 Å². The van der Waals surface area contributed by atoms with E-state index in [-0.39, 0.29) is 0 Å². The fourth-order valence-corrected chi connectivity index (χ4v) is 2.15. The summed E-state index contributed by atoms with van der Waals surface area (Å²) in [4.78, 5) is 10.9. The molecule has 0 amide bonds. The molecule has 0 saturated carbocycles. The van der Waals surface area contributed by atoms with Gasteiger partial charge in [-0.3, -0.25) is 4.79 Å². The highest BCUT2D eigenvalue weighted by Crippen LogP contribution is 2.27. The molecule has 0 bridgehead atoms. The Morgan fingerprint density at radius 2 is 1.84 bits per heavy atom. The molecule has 0 spiro atoms. The minimum Gasteiger partial charge on any atom is -0.488 e. The Morgan fingerprint density at radius 3 is 2.58 bits per heavy atom. The molecule has 0 aromatic heterocycles. The number of carbonyl (C=O) groups excluding carboxylic acids is 1. The van der Waals surface area contributed by atoms with Gasteiger partial charge in [0.2, 0.25) is 0 Å². The van der Waals surface area contributed by atoms with Crippen LogP contribution < -0.4 is 4.74 Å². The van der Waals surface area contributed by atoms with Crippen LogP contribution in [0.4, 0.5) is 0 Å². The van der Waals surface area contributed by atoms with Crippen molar-refractivity contribution in [3.63, 3.8) is 0 Å². The Hall–Kier alpha value is -1.87. The molecule has 0 radical (unpaired) electrons. The molecule has 0 aliphatic carbocycles. The number of hydrogen-bond donors (Lipinski definition) is 0. The van der Waals surface area contributed by atoms with Gasteiger partial charge in [0.05, 0.1) is 10.0 Å². The Balaban J connectivity index is 2.00. The molecular weight excluding hydrogens is 304 g/mol. The van der Waals surface area contributed by atoms with Gasteiger partial charge in [-0.1, -0.05) is 42.5 Å². The zero-order chi connectivity index (χ0) is 13.5. The van der Waals surface area contributed by atoms with Crippen LogP contribution in [-0.4, -0.2) is 12.9 Å². The smallest absolute Gasteiger partial charge is 0.153 e. The maximum Gasteiger partial charge on any atom is 0.153 e. The van der Waals surface area contributed by atoms with Crippen LogP contribution in [0.15, 0.2) is 59.1 Å². The van der Waals surface area contributed by atoms with E-state index in [4.69, 9.17) is 4.74 Å². The second kappa shape index (κ2) is 6.90. The topological polar surface area (TPSA) is 26.3 Å². The largest absolute Gasteiger partial charge is 0.488 e. The van der Waals surface area contributed by atoms with Gasteiger partial charge in [0, 0.05) is 0 Å². The summed E-state index contributed by atoms with van der Waals surface area (Å²) in [5.74, 6) is 0.579. The lowest BCUT2D eigenvalue weighted by molar-refractivity contribution is 0.112. The molecule has 0 saturated heterocycles. The molecule has 0 fully saturated rings. The summed E-state index contributed by atoms with van der Waals surface area (Å²) < 4.78 is 6.40. The third-order valence-electron chi connectivity index (χ3n) is 2.56. The zero-order valence-electron chi connectivity index (χ0n) is 10.3. The average molecular weight is 317 g/mol. The molecule has 3 heteroatoms. The normalized spacial score (nSPS) is 10.6. The van der Waals surface area contributed by atoms with E-state index in [9.17, 15) is 4.79 Å². The fraction of sp³-hybridized carbons (Fsp3) is 0.0625. The number of benzene rings is 2. The molecule has 0 heterocycles.